The van der Waals surface area contributed by atoms with Gasteiger partial charge in [0.05, 0.1) is 5.69 Å². The summed E-state index contributed by atoms with van der Waals surface area (Å²) in [4.78, 5) is 6.87. The zero-order valence-corrected chi connectivity index (χ0v) is 11.4. The molecule has 1 aliphatic rings. The first-order chi connectivity index (χ1) is 8.88. The van der Waals surface area contributed by atoms with Gasteiger partial charge in [-0.3, -0.25) is 4.98 Å². The third-order valence-electron chi connectivity index (χ3n) is 3.83. The number of hydrogen-bond donors (Lipinski definition) is 1. The van der Waals surface area contributed by atoms with Gasteiger partial charge >= 0.3 is 0 Å². The lowest BCUT2D eigenvalue weighted by molar-refractivity contribution is 0.184. The monoisotopic (exact) mass is 247 g/mol. The molecule has 0 aliphatic heterocycles. The fourth-order valence-electron chi connectivity index (χ4n) is 2.38. The van der Waals surface area contributed by atoms with Crippen molar-refractivity contribution in [2.45, 2.75) is 32.7 Å². The molecule has 0 amide bonds. The van der Waals surface area contributed by atoms with Crippen LogP contribution >= 0.6 is 0 Å². The highest BCUT2D eigenvalue weighted by atomic mass is 15.1. The predicted octanol–water partition coefficient (Wildman–Crippen LogP) is 2.29. The van der Waals surface area contributed by atoms with E-state index in [0.717, 1.165) is 31.2 Å². The minimum absolute atomic E-state index is 0.877. The fourth-order valence-corrected chi connectivity index (χ4v) is 2.38. The molecule has 0 unspecified atom stereocenters. The van der Waals surface area contributed by atoms with E-state index in [9.17, 15) is 0 Å². The average molecular weight is 247 g/mol. The average Bonchev–Trinajstić information content (AvgIpc) is 2.37. The molecule has 18 heavy (non-hydrogen) atoms. The molecule has 1 aromatic rings. The van der Waals surface area contributed by atoms with E-state index in [1.807, 2.05) is 18.3 Å². The van der Waals surface area contributed by atoms with Gasteiger partial charge < -0.3 is 10.2 Å². The van der Waals surface area contributed by atoms with Gasteiger partial charge in [0.2, 0.25) is 0 Å². The van der Waals surface area contributed by atoms with Crippen LogP contribution in [0.15, 0.2) is 24.4 Å². The summed E-state index contributed by atoms with van der Waals surface area (Å²) in [5.74, 6) is 0.973. The second-order valence-electron chi connectivity index (χ2n) is 5.19. The Morgan fingerprint density at radius 3 is 2.89 bits per heavy atom. The van der Waals surface area contributed by atoms with E-state index in [4.69, 9.17) is 0 Å². The highest BCUT2D eigenvalue weighted by Gasteiger charge is 2.19. The quantitative estimate of drug-likeness (QED) is 0.714. The van der Waals surface area contributed by atoms with Crippen LogP contribution in [-0.2, 0) is 6.54 Å². The zero-order chi connectivity index (χ0) is 12.6. The minimum atomic E-state index is 0.877. The van der Waals surface area contributed by atoms with E-state index in [0.29, 0.717) is 0 Å². The van der Waals surface area contributed by atoms with Gasteiger partial charge in [0.1, 0.15) is 0 Å². The molecule has 1 fully saturated rings. The van der Waals surface area contributed by atoms with Gasteiger partial charge in [-0.05, 0) is 37.4 Å². The Balaban J connectivity index is 1.58. The summed E-state index contributed by atoms with van der Waals surface area (Å²) in [5.41, 5.74) is 1.12. The summed E-state index contributed by atoms with van der Waals surface area (Å²) in [5, 5.41) is 3.47. The molecule has 1 aromatic heterocycles. The van der Waals surface area contributed by atoms with Gasteiger partial charge in [0.15, 0.2) is 0 Å². The molecule has 1 N–H and O–H groups in total. The van der Waals surface area contributed by atoms with Crippen LogP contribution in [0.25, 0.3) is 0 Å². The summed E-state index contributed by atoms with van der Waals surface area (Å²) < 4.78 is 0. The first-order valence-corrected chi connectivity index (χ1v) is 7.21. The maximum absolute atomic E-state index is 4.31. The highest BCUT2D eigenvalue weighted by molar-refractivity contribution is 5.02. The molecular weight excluding hydrogens is 222 g/mol. The second kappa shape index (κ2) is 7.49. The minimum Gasteiger partial charge on any atom is -0.310 e. The Bertz CT molecular complexity index is 322. The number of rotatable bonds is 8. The van der Waals surface area contributed by atoms with E-state index in [-0.39, 0.29) is 0 Å². The number of aromatic nitrogens is 1. The van der Waals surface area contributed by atoms with Crippen molar-refractivity contribution in [3.63, 3.8) is 0 Å². The van der Waals surface area contributed by atoms with E-state index in [1.54, 1.807) is 0 Å². The van der Waals surface area contributed by atoms with Gasteiger partial charge in [-0.2, -0.15) is 0 Å². The van der Waals surface area contributed by atoms with Gasteiger partial charge in [-0.15, -0.1) is 0 Å². The third-order valence-corrected chi connectivity index (χ3v) is 3.83. The maximum Gasteiger partial charge on any atom is 0.0541 e. The Kier molecular flexibility index (Phi) is 5.62. The maximum atomic E-state index is 4.31. The summed E-state index contributed by atoms with van der Waals surface area (Å²) in [7, 11) is 0. The molecule has 0 radical (unpaired) electrons. The normalized spacial score (nSPS) is 15.9. The Morgan fingerprint density at radius 2 is 2.28 bits per heavy atom. The van der Waals surface area contributed by atoms with Crippen molar-refractivity contribution in [1.82, 2.24) is 15.2 Å². The number of nitrogens with zero attached hydrogens (tertiary/aromatic N) is 2. The van der Waals surface area contributed by atoms with Gasteiger partial charge in [-0.25, -0.2) is 0 Å². The number of hydrogen-bond acceptors (Lipinski definition) is 3. The molecule has 1 saturated carbocycles. The van der Waals surface area contributed by atoms with Crippen LogP contribution < -0.4 is 5.32 Å². The van der Waals surface area contributed by atoms with Crippen molar-refractivity contribution in [2.75, 3.05) is 26.2 Å². The van der Waals surface area contributed by atoms with Crippen molar-refractivity contribution < 1.29 is 0 Å². The van der Waals surface area contributed by atoms with Gasteiger partial charge in [0.25, 0.3) is 0 Å². The Morgan fingerprint density at radius 1 is 1.39 bits per heavy atom. The van der Waals surface area contributed by atoms with Crippen LogP contribution in [0.2, 0.25) is 0 Å². The fraction of sp³-hybridized carbons (Fsp3) is 0.667. The molecule has 2 rings (SSSR count). The first-order valence-electron chi connectivity index (χ1n) is 7.21. The van der Waals surface area contributed by atoms with E-state index in [2.05, 4.69) is 28.2 Å². The van der Waals surface area contributed by atoms with Crippen LogP contribution in [0.5, 0.6) is 0 Å². The van der Waals surface area contributed by atoms with Gasteiger partial charge in [-0.1, -0.05) is 19.4 Å². The van der Waals surface area contributed by atoms with Crippen LogP contribution in [0.1, 0.15) is 31.9 Å². The topological polar surface area (TPSA) is 28.2 Å². The molecule has 100 valence electrons. The van der Waals surface area contributed by atoms with Crippen molar-refractivity contribution in [3.8, 4) is 0 Å². The smallest absolute Gasteiger partial charge is 0.0541 e. The first kappa shape index (κ1) is 13.5. The van der Waals surface area contributed by atoms with Crippen molar-refractivity contribution in [3.05, 3.63) is 30.1 Å². The summed E-state index contributed by atoms with van der Waals surface area (Å²) >= 11 is 0. The van der Waals surface area contributed by atoms with Crippen LogP contribution in [0, 0.1) is 5.92 Å². The predicted molar refractivity (Wildman–Crippen MR) is 75.4 cm³/mol. The lowest BCUT2D eigenvalue weighted by Gasteiger charge is -2.31. The number of likely N-dealkylation sites (N-methyl/N-ethyl adjacent to an activating group) is 1. The van der Waals surface area contributed by atoms with Crippen molar-refractivity contribution in [1.29, 1.82) is 0 Å². The van der Waals surface area contributed by atoms with Crippen LogP contribution in [0.3, 0.4) is 0 Å². The SMILES string of the molecule is CCN(CCNCc1ccccn1)CC1CCC1. The number of nitrogens with one attached hydrogen (secondary N) is 1. The summed E-state index contributed by atoms with van der Waals surface area (Å²) in [6.45, 7) is 7.81. The Labute approximate surface area is 111 Å². The highest BCUT2D eigenvalue weighted by Crippen LogP contribution is 2.26. The van der Waals surface area contributed by atoms with Crippen LogP contribution in [-0.4, -0.2) is 36.1 Å². The largest absolute Gasteiger partial charge is 0.310 e. The third kappa shape index (κ3) is 4.39. The molecular formula is C15H25N3. The van der Waals surface area contributed by atoms with Crippen LogP contribution in [0.4, 0.5) is 0 Å². The standard InChI is InChI=1S/C15H25N3/c1-2-18(13-14-6-5-7-14)11-10-16-12-15-8-3-4-9-17-15/h3-4,8-9,14,16H,2,5-7,10-13H2,1H3. The molecule has 1 aliphatic carbocycles. The zero-order valence-electron chi connectivity index (χ0n) is 11.4. The molecule has 3 nitrogen and oxygen atoms in total. The molecule has 0 aromatic carbocycles. The molecule has 0 spiro atoms. The molecule has 0 saturated heterocycles. The van der Waals surface area contributed by atoms with Crippen molar-refractivity contribution in [2.24, 2.45) is 5.92 Å². The van der Waals surface area contributed by atoms with Gasteiger partial charge in [0, 0.05) is 32.4 Å². The van der Waals surface area contributed by atoms with E-state index >= 15 is 0 Å². The number of pyridine rings is 1. The summed E-state index contributed by atoms with van der Waals surface area (Å²) in [6, 6.07) is 6.07. The molecule has 0 atom stereocenters. The van der Waals surface area contributed by atoms with Crippen molar-refractivity contribution >= 4 is 0 Å². The molecule has 0 bridgehead atoms. The lowest BCUT2D eigenvalue weighted by atomic mass is 9.85. The van der Waals surface area contributed by atoms with E-state index in [1.165, 1.54) is 32.4 Å². The Hall–Kier alpha value is -0.930. The molecule has 1 heterocycles. The molecule has 3 heteroatoms. The second-order valence-corrected chi connectivity index (χ2v) is 5.19. The summed E-state index contributed by atoms with van der Waals surface area (Å²) in [6.07, 6.45) is 6.18. The lowest BCUT2D eigenvalue weighted by Crippen LogP contribution is -2.37. The van der Waals surface area contributed by atoms with E-state index < -0.39 is 0 Å².